The minimum Gasteiger partial charge on any atom is -0.456 e. The summed E-state index contributed by atoms with van der Waals surface area (Å²) in [7, 11) is 0. The van der Waals surface area contributed by atoms with Gasteiger partial charge in [-0.2, -0.15) is 0 Å². The first-order valence-corrected chi connectivity index (χ1v) is 13.2. The Kier molecular flexibility index (Phi) is 8.12. The summed E-state index contributed by atoms with van der Waals surface area (Å²) in [5, 5.41) is 1.34. The lowest BCUT2D eigenvalue weighted by molar-refractivity contribution is 0.00645. The number of benzene rings is 2. The Morgan fingerprint density at radius 3 is 2.37 bits per heavy atom. The average molecular weight is 522 g/mol. The van der Waals surface area contributed by atoms with Gasteiger partial charge in [-0.1, -0.05) is 23.2 Å². The fourth-order valence-electron chi connectivity index (χ4n) is 4.85. The van der Waals surface area contributed by atoms with Crippen LogP contribution in [-0.4, -0.2) is 53.6 Å². The van der Waals surface area contributed by atoms with Crippen molar-refractivity contribution in [3.8, 4) is 0 Å². The molecule has 190 valence electrons. The molecule has 4 rings (SSSR count). The van der Waals surface area contributed by atoms with E-state index in [1.54, 1.807) is 39.0 Å². The maximum Gasteiger partial charge on any atom is 0.341 e. The minimum atomic E-state index is -0.656. The summed E-state index contributed by atoms with van der Waals surface area (Å²) >= 11 is 12.3. The van der Waals surface area contributed by atoms with Crippen LogP contribution in [0.2, 0.25) is 10.0 Å². The Balaban J connectivity index is 1.40. The van der Waals surface area contributed by atoms with Crippen molar-refractivity contribution in [1.82, 2.24) is 9.80 Å². The lowest BCUT2D eigenvalue weighted by atomic mass is 9.98. The van der Waals surface area contributed by atoms with E-state index in [1.165, 1.54) is 0 Å². The van der Waals surface area contributed by atoms with Gasteiger partial charge < -0.3 is 4.74 Å². The fraction of sp³-hybridized carbons (Fsp3) is 0.536. The van der Waals surface area contributed by atoms with Gasteiger partial charge in [0.1, 0.15) is 11.4 Å². The predicted molar refractivity (Wildman–Crippen MR) is 140 cm³/mol. The van der Waals surface area contributed by atoms with E-state index in [0.29, 0.717) is 28.5 Å². The quantitative estimate of drug-likeness (QED) is 0.379. The van der Waals surface area contributed by atoms with E-state index in [4.69, 9.17) is 27.9 Å². The Labute approximate surface area is 218 Å². The molecule has 0 unspecified atom stereocenters. The molecule has 2 aromatic rings. The molecule has 1 atom stereocenters. The highest BCUT2D eigenvalue weighted by Crippen LogP contribution is 2.43. The van der Waals surface area contributed by atoms with E-state index in [0.717, 1.165) is 62.1 Å². The summed E-state index contributed by atoms with van der Waals surface area (Å²) in [6.07, 6.45) is 3.07. The molecule has 1 heterocycles. The van der Waals surface area contributed by atoms with Crippen molar-refractivity contribution < 1.29 is 13.9 Å². The number of nitrogens with zero attached hydrogens (tertiary/aromatic N) is 2. The second kappa shape index (κ2) is 10.8. The molecule has 0 N–H and O–H groups in total. The van der Waals surface area contributed by atoms with Crippen LogP contribution in [0.25, 0.3) is 0 Å². The van der Waals surface area contributed by atoms with Crippen molar-refractivity contribution in [2.45, 2.75) is 71.1 Å². The first-order chi connectivity index (χ1) is 16.5. The topological polar surface area (TPSA) is 32.8 Å². The Bertz CT molecular complexity index is 1060. The molecule has 0 spiro atoms. The van der Waals surface area contributed by atoms with Gasteiger partial charge in [-0.15, -0.1) is 0 Å². The predicted octanol–water partition coefficient (Wildman–Crippen LogP) is 6.71. The standard InChI is InChI=1S/C28H35Cl2FN2O2/c1-18-16-32(9-10-33(18)8-7-19-11-22(29)14-23(30)12-19)17-21-13-26(31)25(15-24(21)20-5-6-20)27(34)35-28(2,3)4/h11-15,18,20H,5-10,16-17H2,1-4H3/t18-/m0/s1. The van der Waals surface area contributed by atoms with Gasteiger partial charge >= 0.3 is 5.97 Å². The third kappa shape index (κ3) is 7.19. The molecule has 1 aliphatic heterocycles. The number of hydrogen-bond acceptors (Lipinski definition) is 4. The van der Waals surface area contributed by atoms with Crippen LogP contribution in [0.5, 0.6) is 0 Å². The zero-order chi connectivity index (χ0) is 25.3. The molecule has 2 fully saturated rings. The fourth-order valence-corrected chi connectivity index (χ4v) is 5.42. The average Bonchev–Trinajstić information content (AvgIpc) is 3.56. The highest BCUT2D eigenvalue weighted by atomic mass is 35.5. The summed E-state index contributed by atoms with van der Waals surface area (Å²) < 4.78 is 20.4. The Morgan fingerprint density at radius 2 is 1.77 bits per heavy atom. The van der Waals surface area contributed by atoms with Gasteiger partial charge in [0.15, 0.2) is 0 Å². The summed E-state index contributed by atoms with van der Waals surface area (Å²) in [5.74, 6) is -0.674. The first kappa shape index (κ1) is 26.4. The van der Waals surface area contributed by atoms with Gasteiger partial charge in [0.05, 0.1) is 5.56 Å². The van der Waals surface area contributed by atoms with Crippen molar-refractivity contribution >= 4 is 29.2 Å². The van der Waals surface area contributed by atoms with Crippen LogP contribution in [0, 0.1) is 5.82 Å². The van der Waals surface area contributed by atoms with E-state index in [-0.39, 0.29) is 5.56 Å². The molecule has 1 aliphatic carbocycles. The molecule has 7 heteroatoms. The van der Waals surface area contributed by atoms with E-state index in [9.17, 15) is 4.79 Å². The molecule has 4 nitrogen and oxygen atoms in total. The molecule has 1 saturated carbocycles. The molecule has 0 bridgehead atoms. The normalized spacial score (nSPS) is 19.7. The zero-order valence-electron chi connectivity index (χ0n) is 21.0. The monoisotopic (exact) mass is 520 g/mol. The van der Waals surface area contributed by atoms with Crippen molar-refractivity contribution in [3.63, 3.8) is 0 Å². The van der Waals surface area contributed by atoms with Crippen LogP contribution < -0.4 is 0 Å². The molecule has 0 amide bonds. The molecule has 2 aliphatic rings. The number of carbonyl (C=O) groups excluding carboxylic acids is 1. The molecular formula is C28H35Cl2FN2O2. The number of hydrogen-bond donors (Lipinski definition) is 0. The largest absolute Gasteiger partial charge is 0.456 e. The van der Waals surface area contributed by atoms with Crippen LogP contribution in [0.15, 0.2) is 30.3 Å². The van der Waals surface area contributed by atoms with Gasteiger partial charge in [-0.25, -0.2) is 9.18 Å². The third-order valence-electron chi connectivity index (χ3n) is 6.72. The van der Waals surface area contributed by atoms with Gasteiger partial charge in [0.25, 0.3) is 0 Å². The van der Waals surface area contributed by atoms with Crippen LogP contribution in [0.4, 0.5) is 4.39 Å². The summed E-state index contributed by atoms with van der Waals surface area (Å²) in [5.41, 5.74) is 2.62. The maximum atomic E-state index is 15.0. The van der Waals surface area contributed by atoms with Crippen LogP contribution in [0.3, 0.4) is 0 Å². The highest BCUT2D eigenvalue weighted by Gasteiger charge is 2.31. The molecule has 1 saturated heterocycles. The number of carbonyl (C=O) groups is 1. The van der Waals surface area contributed by atoms with Crippen molar-refractivity contribution in [1.29, 1.82) is 0 Å². The lowest BCUT2D eigenvalue weighted by Crippen LogP contribution is -2.51. The van der Waals surface area contributed by atoms with E-state index in [2.05, 4.69) is 16.7 Å². The Morgan fingerprint density at radius 1 is 1.09 bits per heavy atom. The highest BCUT2D eigenvalue weighted by molar-refractivity contribution is 6.34. The molecule has 2 aromatic carbocycles. The summed E-state index contributed by atoms with van der Waals surface area (Å²) in [6.45, 7) is 12.0. The molecule has 0 aromatic heterocycles. The number of halogens is 3. The Hall–Kier alpha value is -1.66. The number of piperazine rings is 1. The van der Waals surface area contributed by atoms with Crippen molar-refractivity contribution in [2.75, 3.05) is 26.2 Å². The second-order valence-corrected chi connectivity index (χ2v) is 11.8. The van der Waals surface area contributed by atoms with E-state index >= 15 is 4.39 Å². The minimum absolute atomic E-state index is 0.0462. The zero-order valence-corrected chi connectivity index (χ0v) is 22.6. The smallest absolute Gasteiger partial charge is 0.341 e. The van der Waals surface area contributed by atoms with Crippen molar-refractivity contribution in [2.24, 2.45) is 0 Å². The third-order valence-corrected chi connectivity index (χ3v) is 7.15. The van der Waals surface area contributed by atoms with Crippen LogP contribution >= 0.6 is 23.2 Å². The number of esters is 1. The second-order valence-electron chi connectivity index (χ2n) is 11.0. The number of rotatable bonds is 7. The maximum absolute atomic E-state index is 15.0. The van der Waals surface area contributed by atoms with Gasteiger partial charge in [-0.3, -0.25) is 9.80 Å². The van der Waals surface area contributed by atoms with Gasteiger partial charge in [0.2, 0.25) is 0 Å². The van der Waals surface area contributed by atoms with E-state index in [1.807, 2.05) is 12.1 Å². The van der Waals surface area contributed by atoms with Gasteiger partial charge in [-0.05, 0) is 99.9 Å². The number of ether oxygens (including phenoxy) is 1. The first-order valence-electron chi connectivity index (χ1n) is 12.5. The molecular weight excluding hydrogens is 486 g/mol. The SMILES string of the molecule is C[C@H]1CN(Cc2cc(F)c(C(=O)OC(C)(C)C)cc2C2CC2)CCN1CCc1cc(Cl)cc(Cl)c1. The molecule has 35 heavy (non-hydrogen) atoms. The summed E-state index contributed by atoms with van der Waals surface area (Å²) in [4.78, 5) is 17.4. The van der Waals surface area contributed by atoms with Crippen LogP contribution in [-0.2, 0) is 17.7 Å². The van der Waals surface area contributed by atoms with Crippen LogP contribution in [0.1, 0.15) is 73.5 Å². The van der Waals surface area contributed by atoms with Gasteiger partial charge in [0, 0.05) is 48.8 Å². The van der Waals surface area contributed by atoms with E-state index < -0.39 is 17.4 Å². The van der Waals surface area contributed by atoms with Crippen molar-refractivity contribution in [3.05, 3.63) is 68.4 Å². The lowest BCUT2D eigenvalue weighted by Gasteiger charge is -2.40. The summed E-state index contributed by atoms with van der Waals surface area (Å²) in [6, 6.07) is 9.40. The molecule has 0 radical (unpaired) electrons.